The van der Waals surface area contributed by atoms with Crippen molar-refractivity contribution in [3.63, 3.8) is 0 Å². The zero-order chi connectivity index (χ0) is 12.6. The predicted octanol–water partition coefficient (Wildman–Crippen LogP) is 1.61. The number of fused-ring (bicyclic) bond motifs is 1. The van der Waals surface area contributed by atoms with Gasteiger partial charge in [-0.15, -0.1) is 0 Å². The molecule has 1 aliphatic rings. The van der Waals surface area contributed by atoms with Gasteiger partial charge in [0.25, 0.3) is 12.3 Å². The lowest BCUT2D eigenvalue weighted by Crippen LogP contribution is -2.34. The third-order valence-corrected chi connectivity index (χ3v) is 2.29. The van der Waals surface area contributed by atoms with Crippen molar-refractivity contribution in [2.75, 3.05) is 5.32 Å². The molecular weight excluding hydrogens is 239 g/mol. The Kier molecular flexibility index (Phi) is 2.93. The number of benzene rings is 1. The fraction of sp³-hybridized carbons (Fsp3) is 0.300. The molecule has 7 heteroatoms. The van der Waals surface area contributed by atoms with Crippen LogP contribution in [0.25, 0.3) is 0 Å². The average molecular weight is 247 g/mol. The Labute approximate surface area is 94.0 Å². The van der Waals surface area contributed by atoms with Gasteiger partial charge in [0, 0.05) is 5.56 Å². The largest absolute Gasteiger partial charge is 0.449 e. The van der Waals surface area contributed by atoms with E-state index in [2.05, 4.69) is 10.1 Å². The van der Waals surface area contributed by atoms with E-state index < -0.39 is 24.8 Å². The number of nitrogens with one attached hydrogen (secondary N) is 1. The normalized spacial score (nSPS) is 20.5. The SMILES string of the molecule is O=C1Nc2cccc(C(O)C(F)F)c2OC1F. The molecule has 1 aromatic carbocycles. The van der Waals surface area contributed by atoms with Crippen LogP contribution in [0.2, 0.25) is 0 Å². The number of hydrogen-bond acceptors (Lipinski definition) is 3. The molecule has 1 aliphatic heterocycles. The summed E-state index contributed by atoms with van der Waals surface area (Å²) in [6.07, 6.45) is -7.39. The maximum atomic E-state index is 13.0. The molecule has 0 spiro atoms. The van der Waals surface area contributed by atoms with Crippen LogP contribution in [0.3, 0.4) is 0 Å². The maximum Gasteiger partial charge on any atom is 0.317 e. The molecule has 4 nitrogen and oxygen atoms in total. The first kappa shape index (κ1) is 11.7. The summed E-state index contributed by atoms with van der Waals surface area (Å²) in [5.74, 6) is -1.28. The number of hydrogen-bond donors (Lipinski definition) is 2. The van der Waals surface area contributed by atoms with Crippen molar-refractivity contribution in [2.45, 2.75) is 18.9 Å². The van der Waals surface area contributed by atoms with E-state index in [1.54, 1.807) is 0 Å². The van der Waals surface area contributed by atoms with Crippen molar-refractivity contribution in [3.8, 4) is 5.75 Å². The lowest BCUT2D eigenvalue weighted by atomic mass is 10.1. The molecular formula is C10H8F3NO3. The van der Waals surface area contributed by atoms with Gasteiger partial charge in [0.2, 0.25) is 0 Å². The second-order valence-electron chi connectivity index (χ2n) is 3.43. The first-order valence-electron chi connectivity index (χ1n) is 4.71. The van der Waals surface area contributed by atoms with Crippen LogP contribution in [0.1, 0.15) is 11.7 Å². The van der Waals surface area contributed by atoms with E-state index in [-0.39, 0.29) is 17.0 Å². The van der Waals surface area contributed by atoms with E-state index in [9.17, 15) is 23.1 Å². The summed E-state index contributed by atoms with van der Waals surface area (Å²) in [6.45, 7) is 0. The van der Waals surface area contributed by atoms with Crippen LogP contribution < -0.4 is 10.1 Å². The van der Waals surface area contributed by atoms with Gasteiger partial charge in [-0.25, -0.2) is 8.78 Å². The highest BCUT2D eigenvalue weighted by Gasteiger charge is 2.32. The van der Waals surface area contributed by atoms with E-state index in [0.717, 1.165) is 0 Å². The topological polar surface area (TPSA) is 58.6 Å². The molecule has 2 atom stereocenters. The van der Waals surface area contributed by atoms with Crippen LogP contribution in [0.4, 0.5) is 18.9 Å². The number of para-hydroxylation sites is 1. The lowest BCUT2D eigenvalue weighted by molar-refractivity contribution is -0.131. The summed E-state index contributed by atoms with van der Waals surface area (Å²) >= 11 is 0. The minimum absolute atomic E-state index is 0.0566. The summed E-state index contributed by atoms with van der Waals surface area (Å²) in [7, 11) is 0. The van der Waals surface area contributed by atoms with Crippen LogP contribution in [0.5, 0.6) is 5.75 Å². The molecule has 92 valence electrons. The standard InChI is InChI=1S/C10H8F3NO3/c11-8(12)6(15)4-2-1-3-5-7(4)17-9(13)10(16)14-5/h1-3,6,8-9,15H,(H,14,16). The van der Waals surface area contributed by atoms with Crippen molar-refractivity contribution in [2.24, 2.45) is 0 Å². The van der Waals surface area contributed by atoms with Crippen molar-refractivity contribution < 1.29 is 27.8 Å². The summed E-state index contributed by atoms with van der Waals surface area (Å²) in [4.78, 5) is 11.0. The van der Waals surface area contributed by atoms with Gasteiger partial charge in [0.1, 0.15) is 6.10 Å². The Balaban J connectivity index is 2.43. The summed E-state index contributed by atoms with van der Waals surface area (Å²) in [5.41, 5.74) is -0.207. The fourth-order valence-electron chi connectivity index (χ4n) is 1.50. The Bertz CT molecular complexity index is 452. The first-order chi connectivity index (χ1) is 8.00. The molecule has 0 aliphatic carbocycles. The van der Waals surface area contributed by atoms with Gasteiger partial charge in [-0.2, -0.15) is 4.39 Å². The molecule has 17 heavy (non-hydrogen) atoms. The Morgan fingerprint density at radius 2 is 2.12 bits per heavy atom. The van der Waals surface area contributed by atoms with Crippen molar-refractivity contribution in [1.82, 2.24) is 0 Å². The monoisotopic (exact) mass is 247 g/mol. The quantitative estimate of drug-likeness (QED) is 0.834. The molecule has 2 rings (SSSR count). The highest BCUT2D eigenvalue weighted by atomic mass is 19.3. The van der Waals surface area contributed by atoms with Crippen LogP contribution >= 0.6 is 0 Å². The Morgan fingerprint density at radius 3 is 2.76 bits per heavy atom. The number of ether oxygens (including phenoxy) is 1. The van der Waals surface area contributed by atoms with Crippen molar-refractivity contribution in [1.29, 1.82) is 0 Å². The second-order valence-corrected chi connectivity index (χ2v) is 3.43. The molecule has 2 unspecified atom stereocenters. The third-order valence-electron chi connectivity index (χ3n) is 2.29. The minimum atomic E-state index is -3.03. The smallest absolute Gasteiger partial charge is 0.317 e. The van der Waals surface area contributed by atoms with Gasteiger partial charge in [-0.3, -0.25) is 4.79 Å². The van der Waals surface area contributed by atoms with E-state index in [0.29, 0.717) is 0 Å². The van der Waals surface area contributed by atoms with Crippen LogP contribution in [0, 0.1) is 0 Å². The molecule has 1 amide bonds. The van der Waals surface area contributed by atoms with Gasteiger partial charge in [0.15, 0.2) is 5.75 Å². The van der Waals surface area contributed by atoms with Gasteiger partial charge in [-0.05, 0) is 6.07 Å². The molecule has 0 fully saturated rings. The van der Waals surface area contributed by atoms with Crippen molar-refractivity contribution in [3.05, 3.63) is 23.8 Å². The number of rotatable bonds is 2. The highest BCUT2D eigenvalue weighted by molar-refractivity contribution is 5.97. The molecule has 2 N–H and O–H groups in total. The number of amides is 1. The Hall–Kier alpha value is -1.76. The first-order valence-corrected chi connectivity index (χ1v) is 4.71. The number of carbonyl (C=O) groups excluding carboxylic acids is 1. The molecule has 0 saturated heterocycles. The number of anilines is 1. The zero-order valence-electron chi connectivity index (χ0n) is 8.36. The van der Waals surface area contributed by atoms with Gasteiger partial charge in [-0.1, -0.05) is 12.1 Å². The number of alkyl halides is 3. The summed E-state index contributed by atoms with van der Waals surface area (Å²) in [6, 6.07) is 3.89. The highest BCUT2D eigenvalue weighted by Crippen LogP contribution is 2.38. The summed E-state index contributed by atoms with van der Waals surface area (Å²) in [5, 5.41) is 11.4. The van der Waals surface area contributed by atoms with E-state index in [4.69, 9.17) is 0 Å². The zero-order valence-corrected chi connectivity index (χ0v) is 8.36. The van der Waals surface area contributed by atoms with Gasteiger partial charge >= 0.3 is 6.36 Å². The number of aliphatic hydroxyl groups is 1. The number of halogens is 3. The molecule has 1 heterocycles. The maximum absolute atomic E-state index is 13.0. The van der Waals surface area contributed by atoms with E-state index in [1.165, 1.54) is 18.2 Å². The van der Waals surface area contributed by atoms with Gasteiger partial charge in [0.05, 0.1) is 5.69 Å². The van der Waals surface area contributed by atoms with Crippen LogP contribution in [0.15, 0.2) is 18.2 Å². The third kappa shape index (κ3) is 2.05. The molecule has 0 saturated carbocycles. The minimum Gasteiger partial charge on any atom is -0.449 e. The average Bonchev–Trinajstić information content (AvgIpc) is 2.29. The summed E-state index contributed by atoms with van der Waals surface area (Å²) < 4.78 is 42.3. The van der Waals surface area contributed by atoms with E-state index >= 15 is 0 Å². The number of carbonyl (C=O) groups is 1. The van der Waals surface area contributed by atoms with Gasteiger partial charge < -0.3 is 15.2 Å². The van der Waals surface area contributed by atoms with Crippen molar-refractivity contribution >= 4 is 11.6 Å². The fourth-order valence-corrected chi connectivity index (χ4v) is 1.50. The van der Waals surface area contributed by atoms with E-state index in [1.807, 2.05) is 0 Å². The molecule has 0 bridgehead atoms. The second kappa shape index (κ2) is 4.25. The number of aliphatic hydroxyl groups excluding tert-OH is 1. The molecule has 0 radical (unpaired) electrons. The lowest BCUT2D eigenvalue weighted by Gasteiger charge is -2.24. The molecule has 0 aromatic heterocycles. The Morgan fingerprint density at radius 1 is 1.41 bits per heavy atom. The van der Waals surface area contributed by atoms with Crippen LogP contribution in [-0.4, -0.2) is 23.8 Å². The molecule has 1 aromatic rings. The predicted molar refractivity (Wildman–Crippen MR) is 51.6 cm³/mol. The van der Waals surface area contributed by atoms with Crippen LogP contribution in [-0.2, 0) is 4.79 Å².